The number of carbonyl (C=O) groups excluding carboxylic acids is 2. The first-order valence-corrected chi connectivity index (χ1v) is 8.38. The molecule has 2 N–H and O–H groups in total. The van der Waals surface area contributed by atoms with Crippen LogP contribution >= 0.6 is 0 Å². The average molecular weight is 338 g/mol. The van der Waals surface area contributed by atoms with Crippen LogP contribution in [0.1, 0.15) is 58.2 Å². The van der Waals surface area contributed by atoms with Gasteiger partial charge in [0.15, 0.2) is 0 Å². The Kier molecular flexibility index (Phi) is 5.31. The lowest BCUT2D eigenvalue weighted by Crippen LogP contribution is -2.40. The molecule has 0 aliphatic carbocycles. The molecule has 0 aliphatic rings. The second-order valence-electron chi connectivity index (χ2n) is 7.51. The van der Waals surface area contributed by atoms with Crippen molar-refractivity contribution in [1.82, 2.24) is 5.32 Å². The Morgan fingerprint density at radius 1 is 0.800 bits per heavy atom. The molecule has 0 aliphatic heterocycles. The summed E-state index contributed by atoms with van der Waals surface area (Å²) in [5.41, 5.74) is 4.83. The fourth-order valence-electron chi connectivity index (χ4n) is 2.75. The predicted molar refractivity (Wildman–Crippen MR) is 102 cm³/mol. The van der Waals surface area contributed by atoms with Crippen LogP contribution in [0.4, 0.5) is 5.69 Å². The molecular weight excluding hydrogens is 312 g/mol. The van der Waals surface area contributed by atoms with Gasteiger partial charge in [0.2, 0.25) is 0 Å². The average Bonchev–Trinajstić information content (AvgIpc) is 2.49. The van der Waals surface area contributed by atoms with Crippen molar-refractivity contribution in [3.63, 3.8) is 0 Å². The Morgan fingerprint density at radius 2 is 1.24 bits per heavy atom. The predicted octanol–water partition coefficient (Wildman–Crippen LogP) is 4.39. The van der Waals surface area contributed by atoms with E-state index in [0.29, 0.717) is 11.1 Å². The van der Waals surface area contributed by atoms with Gasteiger partial charge in [0, 0.05) is 22.4 Å². The zero-order valence-electron chi connectivity index (χ0n) is 15.8. The lowest BCUT2D eigenvalue weighted by atomic mass is 10.0. The Hall–Kier alpha value is -2.62. The van der Waals surface area contributed by atoms with E-state index in [0.717, 1.165) is 16.8 Å². The molecule has 25 heavy (non-hydrogen) atoms. The summed E-state index contributed by atoms with van der Waals surface area (Å²) in [7, 11) is 0. The highest BCUT2D eigenvalue weighted by Crippen LogP contribution is 2.22. The molecule has 0 saturated heterocycles. The van der Waals surface area contributed by atoms with Crippen LogP contribution in [0.2, 0.25) is 0 Å². The van der Waals surface area contributed by atoms with E-state index in [-0.39, 0.29) is 17.4 Å². The SMILES string of the molecule is Cc1cc(C)c(NC(=O)c2ccc(C(=O)NC(C)(C)C)cc2)c(C)c1. The Labute approximate surface area is 149 Å². The molecule has 0 atom stereocenters. The molecule has 2 aromatic rings. The molecule has 4 nitrogen and oxygen atoms in total. The second kappa shape index (κ2) is 7.09. The van der Waals surface area contributed by atoms with E-state index in [1.165, 1.54) is 5.56 Å². The maximum Gasteiger partial charge on any atom is 0.255 e. The molecule has 132 valence electrons. The Bertz CT molecular complexity index is 777. The number of rotatable bonds is 3. The second-order valence-corrected chi connectivity index (χ2v) is 7.51. The molecule has 0 spiro atoms. The van der Waals surface area contributed by atoms with Gasteiger partial charge >= 0.3 is 0 Å². The monoisotopic (exact) mass is 338 g/mol. The quantitative estimate of drug-likeness (QED) is 0.872. The molecule has 4 heteroatoms. The van der Waals surface area contributed by atoms with Crippen molar-refractivity contribution in [1.29, 1.82) is 0 Å². The van der Waals surface area contributed by atoms with Crippen molar-refractivity contribution >= 4 is 17.5 Å². The lowest BCUT2D eigenvalue weighted by molar-refractivity contribution is 0.0918. The fraction of sp³-hybridized carbons (Fsp3) is 0.333. The molecule has 0 fully saturated rings. The summed E-state index contributed by atoms with van der Waals surface area (Å²) >= 11 is 0. The first-order chi connectivity index (χ1) is 11.6. The summed E-state index contributed by atoms with van der Waals surface area (Å²) in [5.74, 6) is -0.331. The molecule has 0 radical (unpaired) electrons. The maximum absolute atomic E-state index is 12.5. The van der Waals surface area contributed by atoms with Crippen LogP contribution in [-0.4, -0.2) is 17.4 Å². The molecule has 0 unspecified atom stereocenters. The summed E-state index contributed by atoms with van der Waals surface area (Å²) in [6.07, 6.45) is 0. The Balaban J connectivity index is 2.15. The first kappa shape index (κ1) is 18.7. The van der Waals surface area contributed by atoms with E-state index in [1.54, 1.807) is 24.3 Å². The summed E-state index contributed by atoms with van der Waals surface area (Å²) in [5, 5.41) is 5.87. The number of amides is 2. The number of carbonyl (C=O) groups is 2. The number of anilines is 1. The third kappa shape index (κ3) is 4.92. The summed E-state index contributed by atoms with van der Waals surface area (Å²) < 4.78 is 0. The molecule has 0 saturated carbocycles. The van der Waals surface area contributed by atoms with Crippen LogP contribution in [0.5, 0.6) is 0 Å². The summed E-state index contributed by atoms with van der Waals surface area (Å²) in [6, 6.07) is 10.8. The maximum atomic E-state index is 12.5. The largest absolute Gasteiger partial charge is 0.347 e. The van der Waals surface area contributed by atoms with Gasteiger partial charge in [-0.15, -0.1) is 0 Å². The van der Waals surface area contributed by atoms with Gasteiger partial charge in [-0.2, -0.15) is 0 Å². The first-order valence-electron chi connectivity index (χ1n) is 8.38. The number of aryl methyl sites for hydroxylation is 3. The standard InChI is InChI=1S/C21H26N2O2/c1-13-11-14(2)18(15(3)12-13)22-19(24)16-7-9-17(10-8-16)20(25)23-21(4,5)6/h7-12H,1-6H3,(H,22,24)(H,23,25). The van der Waals surface area contributed by atoms with E-state index in [9.17, 15) is 9.59 Å². The molecule has 0 aromatic heterocycles. The van der Waals surface area contributed by atoms with Crippen LogP contribution in [0.15, 0.2) is 36.4 Å². The van der Waals surface area contributed by atoms with Crippen molar-refractivity contribution in [3.8, 4) is 0 Å². The third-order valence-electron chi connectivity index (χ3n) is 3.81. The van der Waals surface area contributed by atoms with Crippen molar-refractivity contribution in [2.24, 2.45) is 0 Å². The molecular formula is C21H26N2O2. The van der Waals surface area contributed by atoms with E-state index >= 15 is 0 Å². The van der Waals surface area contributed by atoms with E-state index in [1.807, 2.05) is 53.7 Å². The zero-order chi connectivity index (χ0) is 18.8. The van der Waals surface area contributed by atoms with Crippen LogP contribution in [0.25, 0.3) is 0 Å². The van der Waals surface area contributed by atoms with Gasteiger partial charge < -0.3 is 10.6 Å². The van der Waals surface area contributed by atoms with Crippen molar-refractivity contribution < 1.29 is 9.59 Å². The minimum absolute atomic E-state index is 0.148. The third-order valence-corrected chi connectivity index (χ3v) is 3.81. The van der Waals surface area contributed by atoms with E-state index < -0.39 is 0 Å². The van der Waals surface area contributed by atoms with Crippen LogP contribution < -0.4 is 10.6 Å². The molecule has 2 rings (SSSR count). The number of benzene rings is 2. The topological polar surface area (TPSA) is 58.2 Å². The van der Waals surface area contributed by atoms with Crippen molar-refractivity contribution in [2.45, 2.75) is 47.1 Å². The molecule has 2 amide bonds. The van der Waals surface area contributed by atoms with Crippen LogP contribution in [-0.2, 0) is 0 Å². The summed E-state index contributed by atoms with van der Waals surface area (Å²) in [6.45, 7) is 11.8. The van der Waals surface area contributed by atoms with Gasteiger partial charge in [0.05, 0.1) is 0 Å². The molecule has 0 heterocycles. The fourth-order valence-corrected chi connectivity index (χ4v) is 2.75. The molecule has 0 bridgehead atoms. The van der Waals surface area contributed by atoms with Crippen molar-refractivity contribution in [3.05, 3.63) is 64.2 Å². The molecule has 2 aromatic carbocycles. The van der Waals surface area contributed by atoms with E-state index in [2.05, 4.69) is 10.6 Å². The number of hydrogen-bond donors (Lipinski definition) is 2. The number of hydrogen-bond acceptors (Lipinski definition) is 2. The highest BCUT2D eigenvalue weighted by molar-refractivity contribution is 6.05. The van der Waals surface area contributed by atoms with E-state index in [4.69, 9.17) is 0 Å². The highest BCUT2D eigenvalue weighted by Gasteiger charge is 2.16. The van der Waals surface area contributed by atoms with Gasteiger partial charge in [-0.3, -0.25) is 9.59 Å². The van der Waals surface area contributed by atoms with Gasteiger partial charge in [0.1, 0.15) is 0 Å². The normalized spacial score (nSPS) is 11.1. The minimum Gasteiger partial charge on any atom is -0.347 e. The minimum atomic E-state index is -0.298. The van der Waals surface area contributed by atoms with Crippen molar-refractivity contribution in [2.75, 3.05) is 5.32 Å². The van der Waals surface area contributed by atoms with Crippen LogP contribution in [0.3, 0.4) is 0 Å². The van der Waals surface area contributed by atoms with Crippen LogP contribution in [0, 0.1) is 20.8 Å². The summed E-state index contributed by atoms with van der Waals surface area (Å²) in [4.78, 5) is 24.6. The number of nitrogens with one attached hydrogen (secondary N) is 2. The smallest absolute Gasteiger partial charge is 0.255 e. The highest BCUT2D eigenvalue weighted by atomic mass is 16.2. The lowest BCUT2D eigenvalue weighted by Gasteiger charge is -2.20. The van der Waals surface area contributed by atoms with Gasteiger partial charge in [0.25, 0.3) is 11.8 Å². The Morgan fingerprint density at radius 3 is 1.68 bits per heavy atom. The van der Waals surface area contributed by atoms with Gasteiger partial charge in [-0.1, -0.05) is 17.7 Å². The van der Waals surface area contributed by atoms with Gasteiger partial charge in [-0.05, 0) is 76.9 Å². The van der Waals surface area contributed by atoms with Gasteiger partial charge in [-0.25, -0.2) is 0 Å². The zero-order valence-corrected chi connectivity index (χ0v) is 15.8.